The third-order valence-electron chi connectivity index (χ3n) is 1.86. The van der Waals surface area contributed by atoms with Gasteiger partial charge < -0.3 is 14.6 Å². The monoisotopic (exact) mass is 240 g/mol. The third kappa shape index (κ3) is 4.77. The Bertz CT molecular complexity index is 362. The molecule has 88 valence electrons. The molecule has 1 aromatic rings. The summed E-state index contributed by atoms with van der Waals surface area (Å²) >= 11 is 1.58. The van der Waals surface area contributed by atoms with E-state index in [1.54, 1.807) is 18.4 Å². The zero-order valence-electron chi connectivity index (χ0n) is 9.53. The Morgan fingerprint density at radius 1 is 1.50 bits per heavy atom. The van der Waals surface area contributed by atoms with Gasteiger partial charge in [-0.15, -0.1) is 11.3 Å². The lowest BCUT2D eigenvalue weighted by molar-refractivity contribution is 0.000928. The average Bonchev–Trinajstić information content (AvgIpc) is 2.72. The van der Waals surface area contributed by atoms with Crippen LogP contribution in [0.1, 0.15) is 16.7 Å². The Labute approximate surface area is 100 Å². The molecule has 3 nitrogen and oxygen atoms in total. The van der Waals surface area contributed by atoms with Crippen molar-refractivity contribution < 1.29 is 14.6 Å². The van der Waals surface area contributed by atoms with E-state index in [0.717, 1.165) is 9.75 Å². The number of hydrogen-bond donors (Lipinski definition) is 1. The minimum absolute atomic E-state index is 0.0964. The zero-order valence-corrected chi connectivity index (χ0v) is 10.3. The number of aliphatic hydroxyl groups is 1. The summed E-state index contributed by atoms with van der Waals surface area (Å²) in [6.07, 6.45) is 0.0964. The normalized spacial score (nSPS) is 11.9. The Hall–Kier alpha value is -0.860. The van der Waals surface area contributed by atoms with Gasteiger partial charge >= 0.3 is 0 Å². The number of hydrogen-bond acceptors (Lipinski definition) is 4. The molecule has 1 rings (SSSR count). The standard InChI is InChI=1S/C12H16O3S/c1-10(8-14-2)15-9-12-6-5-11(16-12)4-3-7-13/h5-6,10,13H,7-9H2,1-2H3. The van der Waals surface area contributed by atoms with E-state index >= 15 is 0 Å². The van der Waals surface area contributed by atoms with Gasteiger partial charge in [-0.1, -0.05) is 11.8 Å². The maximum Gasteiger partial charge on any atom is 0.104 e. The first-order chi connectivity index (χ1) is 7.76. The van der Waals surface area contributed by atoms with E-state index in [1.807, 2.05) is 19.1 Å². The van der Waals surface area contributed by atoms with Crippen molar-refractivity contribution in [1.82, 2.24) is 0 Å². The molecule has 0 bridgehead atoms. The van der Waals surface area contributed by atoms with Crippen LogP contribution in [0.5, 0.6) is 0 Å². The van der Waals surface area contributed by atoms with Crippen LogP contribution in [-0.2, 0) is 16.1 Å². The van der Waals surface area contributed by atoms with Gasteiger partial charge in [0.15, 0.2) is 0 Å². The van der Waals surface area contributed by atoms with E-state index in [-0.39, 0.29) is 12.7 Å². The lowest BCUT2D eigenvalue weighted by Crippen LogP contribution is -2.14. The second kappa shape index (κ2) is 7.42. The summed E-state index contributed by atoms with van der Waals surface area (Å²) < 4.78 is 10.6. The van der Waals surface area contributed by atoms with Crippen LogP contribution in [0.15, 0.2) is 12.1 Å². The smallest absolute Gasteiger partial charge is 0.104 e. The Morgan fingerprint density at radius 2 is 2.31 bits per heavy atom. The Morgan fingerprint density at radius 3 is 3.00 bits per heavy atom. The molecule has 1 atom stereocenters. The highest BCUT2D eigenvalue weighted by Crippen LogP contribution is 2.16. The summed E-state index contributed by atoms with van der Waals surface area (Å²) in [5.74, 6) is 5.48. The molecular formula is C12H16O3S. The van der Waals surface area contributed by atoms with E-state index in [2.05, 4.69) is 11.8 Å². The molecule has 0 spiro atoms. The van der Waals surface area contributed by atoms with Gasteiger partial charge in [-0.25, -0.2) is 0 Å². The number of aliphatic hydroxyl groups excluding tert-OH is 1. The van der Waals surface area contributed by atoms with Gasteiger partial charge in [-0.3, -0.25) is 0 Å². The summed E-state index contributed by atoms with van der Waals surface area (Å²) in [7, 11) is 1.66. The molecule has 4 heteroatoms. The largest absolute Gasteiger partial charge is 0.384 e. The van der Waals surface area contributed by atoms with Crippen LogP contribution < -0.4 is 0 Å². The minimum Gasteiger partial charge on any atom is -0.384 e. The lowest BCUT2D eigenvalue weighted by atomic mass is 10.4. The quantitative estimate of drug-likeness (QED) is 0.795. The van der Waals surface area contributed by atoms with Crippen LogP contribution in [0.3, 0.4) is 0 Å². The molecule has 0 aliphatic rings. The molecule has 0 fully saturated rings. The van der Waals surface area contributed by atoms with E-state index in [1.165, 1.54) is 0 Å². The second-order valence-corrected chi connectivity index (χ2v) is 4.47. The molecule has 1 N–H and O–H groups in total. The molecule has 0 radical (unpaired) electrons. The molecule has 0 aliphatic heterocycles. The van der Waals surface area contributed by atoms with E-state index in [9.17, 15) is 0 Å². The first-order valence-corrected chi connectivity index (χ1v) is 5.87. The van der Waals surface area contributed by atoms with Crippen molar-refractivity contribution in [3.8, 4) is 11.8 Å². The Balaban J connectivity index is 2.40. The summed E-state index contributed by atoms with van der Waals surface area (Å²) in [5, 5.41) is 8.56. The fraction of sp³-hybridized carbons (Fsp3) is 0.500. The van der Waals surface area contributed by atoms with Crippen LogP contribution in [0.4, 0.5) is 0 Å². The SMILES string of the molecule is COCC(C)OCc1ccc(C#CCO)s1. The van der Waals surface area contributed by atoms with Crippen molar-refractivity contribution >= 4 is 11.3 Å². The minimum atomic E-state index is -0.103. The molecule has 1 unspecified atom stereocenters. The topological polar surface area (TPSA) is 38.7 Å². The Kier molecular flexibility index (Phi) is 6.12. The maximum atomic E-state index is 8.56. The van der Waals surface area contributed by atoms with Gasteiger partial charge in [-0.2, -0.15) is 0 Å². The van der Waals surface area contributed by atoms with Crippen molar-refractivity contribution in [3.63, 3.8) is 0 Å². The molecule has 0 saturated heterocycles. The molecule has 0 saturated carbocycles. The summed E-state index contributed by atoms with van der Waals surface area (Å²) in [6.45, 7) is 3.05. The molecular weight excluding hydrogens is 224 g/mol. The van der Waals surface area contributed by atoms with Crippen LogP contribution in [-0.4, -0.2) is 31.5 Å². The summed E-state index contributed by atoms with van der Waals surface area (Å²) in [6, 6.07) is 3.93. The highest BCUT2D eigenvalue weighted by molar-refractivity contribution is 7.12. The first-order valence-electron chi connectivity index (χ1n) is 5.05. The molecule has 1 heterocycles. The number of methoxy groups -OCH3 is 1. The number of thiophene rings is 1. The van der Waals surface area contributed by atoms with Crippen molar-refractivity contribution in [2.24, 2.45) is 0 Å². The summed E-state index contributed by atoms with van der Waals surface area (Å²) in [4.78, 5) is 2.08. The lowest BCUT2D eigenvalue weighted by Gasteiger charge is -2.10. The molecule has 0 amide bonds. The number of rotatable bonds is 5. The summed E-state index contributed by atoms with van der Waals surface area (Å²) in [5.41, 5.74) is 0. The van der Waals surface area contributed by atoms with Crippen molar-refractivity contribution in [2.45, 2.75) is 19.6 Å². The second-order valence-electron chi connectivity index (χ2n) is 3.30. The van der Waals surface area contributed by atoms with Crippen molar-refractivity contribution in [3.05, 3.63) is 21.9 Å². The van der Waals surface area contributed by atoms with E-state index in [4.69, 9.17) is 14.6 Å². The molecule has 0 aliphatic carbocycles. The van der Waals surface area contributed by atoms with Crippen LogP contribution in [0.2, 0.25) is 0 Å². The van der Waals surface area contributed by atoms with Crippen LogP contribution in [0.25, 0.3) is 0 Å². The highest BCUT2D eigenvalue weighted by atomic mass is 32.1. The van der Waals surface area contributed by atoms with E-state index < -0.39 is 0 Å². The van der Waals surface area contributed by atoms with Crippen molar-refractivity contribution in [2.75, 3.05) is 20.3 Å². The van der Waals surface area contributed by atoms with Crippen LogP contribution in [0, 0.1) is 11.8 Å². The van der Waals surface area contributed by atoms with Crippen LogP contribution >= 0.6 is 11.3 Å². The molecule has 0 aromatic carbocycles. The fourth-order valence-electron chi connectivity index (χ4n) is 1.16. The maximum absolute atomic E-state index is 8.56. The fourth-order valence-corrected chi connectivity index (χ4v) is 1.96. The van der Waals surface area contributed by atoms with Gasteiger partial charge in [0, 0.05) is 12.0 Å². The molecule has 1 aromatic heterocycles. The van der Waals surface area contributed by atoms with Crippen molar-refractivity contribution in [1.29, 1.82) is 0 Å². The van der Waals surface area contributed by atoms with E-state index in [0.29, 0.717) is 13.2 Å². The van der Waals surface area contributed by atoms with Gasteiger partial charge in [0.25, 0.3) is 0 Å². The third-order valence-corrected chi connectivity index (χ3v) is 2.84. The van der Waals surface area contributed by atoms with Gasteiger partial charge in [0.05, 0.1) is 24.2 Å². The highest BCUT2D eigenvalue weighted by Gasteiger charge is 2.03. The number of ether oxygens (including phenoxy) is 2. The zero-order chi connectivity index (χ0) is 11.8. The molecule has 16 heavy (non-hydrogen) atoms. The predicted molar refractivity (Wildman–Crippen MR) is 64.4 cm³/mol. The predicted octanol–water partition coefficient (Wildman–Crippen LogP) is 1.64. The van der Waals surface area contributed by atoms with Gasteiger partial charge in [0.2, 0.25) is 0 Å². The first kappa shape index (κ1) is 13.2. The van der Waals surface area contributed by atoms with Gasteiger partial charge in [0.1, 0.15) is 6.61 Å². The van der Waals surface area contributed by atoms with Gasteiger partial charge in [-0.05, 0) is 19.1 Å². The average molecular weight is 240 g/mol.